The van der Waals surface area contributed by atoms with Crippen molar-refractivity contribution < 1.29 is 14.3 Å². The molecule has 4 nitrogen and oxygen atoms in total. The summed E-state index contributed by atoms with van der Waals surface area (Å²) in [6, 6.07) is 7.09. The Labute approximate surface area is 94.4 Å². The Bertz CT molecular complexity index is 382. The van der Waals surface area contributed by atoms with Gasteiger partial charge in [0, 0.05) is 0 Å². The molecule has 1 rings (SSSR count). The summed E-state index contributed by atoms with van der Waals surface area (Å²) >= 11 is 0. The first-order valence-corrected chi connectivity index (χ1v) is 5.06. The largest absolute Gasteiger partial charge is 0.452 e. The van der Waals surface area contributed by atoms with Crippen molar-refractivity contribution in [2.45, 2.75) is 19.8 Å². The standard InChI is InChI=1S/C12H15NO3/c1-8(2)9-3-5-10(6-4-9)12(15)16-7-11(13)14/h3-6,8H,7H2,1-2H3,(H2,13,14). The molecule has 0 heterocycles. The van der Waals surface area contributed by atoms with Crippen LogP contribution in [0.15, 0.2) is 24.3 Å². The first-order chi connectivity index (χ1) is 7.50. The van der Waals surface area contributed by atoms with E-state index in [0.717, 1.165) is 5.56 Å². The van der Waals surface area contributed by atoms with Crippen LogP contribution in [0.25, 0.3) is 0 Å². The maximum atomic E-state index is 11.4. The third kappa shape index (κ3) is 3.38. The molecule has 4 heteroatoms. The van der Waals surface area contributed by atoms with Gasteiger partial charge in [-0.15, -0.1) is 0 Å². The van der Waals surface area contributed by atoms with Gasteiger partial charge in [0.25, 0.3) is 5.91 Å². The number of carbonyl (C=O) groups is 2. The molecular weight excluding hydrogens is 206 g/mol. The summed E-state index contributed by atoms with van der Waals surface area (Å²) in [5.41, 5.74) is 6.43. The highest BCUT2D eigenvalue weighted by Gasteiger charge is 2.08. The normalized spacial score (nSPS) is 10.2. The molecule has 2 N–H and O–H groups in total. The van der Waals surface area contributed by atoms with Gasteiger partial charge in [-0.2, -0.15) is 0 Å². The average Bonchev–Trinajstić information content (AvgIpc) is 2.26. The van der Waals surface area contributed by atoms with Crippen molar-refractivity contribution >= 4 is 11.9 Å². The van der Waals surface area contributed by atoms with Crippen LogP contribution in [0, 0.1) is 0 Å². The zero-order chi connectivity index (χ0) is 12.1. The highest BCUT2D eigenvalue weighted by Crippen LogP contribution is 2.14. The SMILES string of the molecule is CC(C)c1ccc(C(=O)OCC(N)=O)cc1. The molecule has 0 atom stereocenters. The Hall–Kier alpha value is -1.84. The number of esters is 1. The number of carbonyl (C=O) groups excluding carboxylic acids is 2. The van der Waals surface area contributed by atoms with Crippen LogP contribution in [0.5, 0.6) is 0 Å². The van der Waals surface area contributed by atoms with Crippen LogP contribution in [0.2, 0.25) is 0 Å². The fourth-order valence-corrected chi connectivity index (χ4v) is 1.22. The van der Waals surface area contributed by atoms with Crippen molar-refractivity contribution in [3.63, 3.8) is 0 Å². The van der Waals surface area contributed by atoms with Crippen molar-refractivity contribution in [3.8, 4) is 0 Å². The zero-order valence-electron chi connectivity index (χ0n) is 9.40. The quantitative estimate of drug-likeness (QED) is 0.782. The average molecular weight is 221 g/mol. The maximum Gasteiger partial charge on any atom is 0.338 e. The summed E-state index contributed by atoms with van der Waals surface area (Å²) < 4.78 is 4.68. The first kappa shape index (κ1) is 12.2. The minimum atomic E-state index is -0.660. The molecule has 86 valence electrons. The van der Waals surface area contributed by atoms with E-state index in [0.29, 0.717) is 11.5 Å². The van der Waals surface area contributed by atoms with Gasteiger partial charge in [0.05, 0.1) is 5.56 Å². The van der Waals surface area contributed by atoms with Gasteiger partial charge in [-0.25, -0.2) is 4.79 Å². The summed E-state index contributed by atoms with van der Waals surface area (Å²) in [5, 5.41) is 0. The molecule has 0 radical (unpaired) electrons. The zero-order valence-corrected chi connectivity index (χ0v) is 9.40. The molecule has 16 heavy (non-hydrogen) atoms. The molecule has 1 aromatic carbocycles. The van der Waals surface area contributed by atoms with Crippen LogP contribution in [-0.4, -0.2) is 18.5 Å². The Morgan fingerprint density at radius 2 is 1.81 bits per heavy atom. The Kier molecular flexibility index (Phi) is 4.05. The van der Waals surface area contributed by atoms with Crippen LogP contribution < -0.4 is 5.73 Å². The predicted octanol–water partition coefficient (Wildman–Crippen LogP) is 1.45. The summed E-state index contributed by atoms with van der Waals surface area (Å²) in [7, 11) is 0. The number of hydrogen-bond donors (Lipinski definition) is 1. The second kappa shape index (κ2) is 5.30. The Morgan fingerprint density at radius 1 is 1.25 bits per heavy atom. The number of rotatable bonds is 4. The number of amides is 1. The molecule has 0 bridgehead atoms. The van der Waals surface area contributed by atoms with Gasteiger partial charge < -0.3 is 10.5 Å². The molecule has 0 spiro atoms. The van der Waals surface area contributed by atoms with Gasteiger partial charge in [0.2, 0.25) is 0 Å². The van der Waals surface area contributed by atoms with E-state index in [1.807, 2.05) is 12.1 Å². The number of ether oxygens (including phenoxy) is 1. The van der Waals surface area contributed by atoms with Crippen LogP contribution >= 0.6 is 0 Å². The number of primary amides is 1. The predicted molar refractivity (Wildman–Crippen MR) is 60.0 cm³/mol. The molecule has 1 aromatic rings. The third-order valence-corrected chi connectivity index (χ3v) is 2.16. The second-order valence-corrected chi connectivity index (χ2v) is 3.82. The lowest BCUT2D eigenvalue weighted by Crippen LogP contribution is -2.20. The monoisotopic (exact) mass is 221 g/mol. The van der Waals surface area contributed by atoms with E-state index in [1.54, 1.807) is 12.1 Å². The lowest BCUT2D eigenvalue weighted by atomic mass is 10.0. The molecule has 0 fully saturated rings. The fraction of sp³-hybridized carbons (Fsp3) is 0.333. The summed E-state index contributed by atoms with van der Waals surface area (Å²) in [4.78, 5) is 21.8. The summed E-state index contributed by atoms with van der Waals surface area (Å²) in [5.74, 6) is -0.781. The van der Waals surface area contributed by atoms with E-state index in [1.165, 1.54) is 0 Å². The van der Waals surface area contributed by atoms with Crippen molar-refractivity contribution in [3.05, 3.63) is 35.4 Å². The highest BCUT2D eigenvalue weighted by molar-refractivity contribution is 5.91. The van der Waals surface area contributed by atoms with Crippen molar-refractivity contribution in [1.82, 2.24) is 0 Å². The molecule has 0 aromatic heterocycles. The maximum absolute atomic E-state index is 11.4. The first-order valence-electron chi connectivity index (χ1n) is 5.06. The van der Waals surface area contributed by atoms with E-state index in [-0.39, 0.29) is 6.61 Å². The van der Waals surface area contributed by atoms with Crippen LogP contribution in [0.1, 0.15) is 35.7 Å². The van der Waals surface area contributed by atoms with Gasteiger partial charge in [0.1, 0.15) is 0 Å². The molecule has 0 aliphatic rings. The van der Waals surface area contributed by atoms with Crippen LogP contribution in [0.4, 0.5) is 0 Å². The van der Waals surface area contributed by atoms with Gasteiger partial charge in [-0.3, -0.25) is 4.79 Å². The minimum absolute atomic E-state index is 0.384. The van der Waals surface area contributed by atoms with E-state index in [9.17, 15) is 9.59 Å². The molecule has 0 aliphatic heterocycles. The topological polar surface area (TPSA) is 69.4 Å². The third-order valence-electron chi connectivity index (χ3n) is 2.16. The lowest BCUT2D eigenvalue weighted by Gasteiger charge is -2.06. The van der Waals surface area contributed by atoms with Gasteiger partial charge in [-0.1, -0.05) is 26.0 Å². The van der Waals surface area contributed by atoms with Crippen LogP contribution in [0.3, 0.4) is 0 Å². The minimum Gasteiger partial charge on any atom is -0.452 e. The molecule has 0 aliphatic carbocycles. The van der Waals surface area contributed by atoms with E-state index in [4.69, 9.17) is 5.73 Å². The molecule has 0 saturated heterocycles. The number of hydrogen-bond acceptors (Lipinski definition) is 3. The smallest absolute Gasteiger partial charge is 0.338 e. The van der Waals surface area contributed by atoms with E-state index < -0.39 is 11.9 Å². The molecular formula is C12H15NO3. The van der Waals surface area contributed by atoms with Gasteiger partial charge >= 0.3 is 5.97 Å². The van der Waals surface area contributed by atoms with Crippen molar-refractivity contribution in [2.75, 3.05) is 6.61 Å². The van der Waals surface area contributed by atoms with Gasteiger partial charge in [-0.05, 0) is 23.6 Å². The summed E-state index contributed by atoms with van der Waals surface area (Å²) in [6.45, 7) is 3.76. The van der Waals surface area contributed by atoms with E-state index >= 15 is 0 Å². The molecule has 0 saturated carbocycles. The van der Waals surface area contributed by atoms with Gasteiger partial charge in [0.15, 0.2) is 6.61 Å². The van der Waals surface area contributed by atoms with E-state index in [2.05, 4.69) is 18.6 Å². The molecule has 0 unspecified atom stereocenters. The number of nitrogens with two attached hydrogens (primary N) is 1. The summed E-state index contributed by atoms with van der Waals surface area (Å²) in [6.07, 6.45) is 0. The van der Waals surface area contributed by atoms with Crippen molar-refractivity contribution in [2.24, 2.45) is 5.73 Å². The highest BCUT2D eigenvalue weighted by atomic mass is 16.5. The Balaban J connectivity index is 2.66. The Morgan fingerprint density at radius 3 is 2.25 bits per heavy atom. The molecule has 1 amide bonds. The van der Waals surface area contributed by atoms with Crippen molar-refractivity contribution in [1.29, 1.82) is 0 Å². The number of benzene rings is 1. The second-order valence-electron chi connectivity index (χ2n) is 3.82. The van der Waals surface area contributed by atoms with Crippen LogP contribution in [-0.2, 0) is 9.53 Å². The fourth-order valence-electron chi connectivity index (χ4n) is 1.22. The lowest BCUT2D eigenvalue weighted by molar-refractivity contribution is -0.121.